The number of hydrogen-bond acceptors (Lipinski definition) is 4. The van der Waals surface area contributed by atoms with Crippen LogP contribution in [0.1, 0.15) is 4.88 Å². The minimum atomic E-state index is 0.711. The minimum Gasteiger partial charge on any atom is -0.492 e. The van der Waals surface area contributed by atoms with Gasteiger partial charge in [0.1, 0.15) is 12.4 Å². The molecule has 3 nitrogen and oxygen atoms in total. The van der Waals surface area contributed by atoms with Crippen LogP contribution in [-0.2, 0) is 6.54 Å². The molecule has 0 aliphatic heterocycles. The highest BCUT2D eigenvalue weighted by Crippen LogP contribution is 2.23. The van der Waals surface area contributed by atoms with Crippen LogP contribution in [0.15, 0.2) is 40.2 Å². The summed E-state index contributed by atoms with van der Waals surface area (Å²) in [6.45, 7) is 2.48. The number of nitrogens with zero attached hydrogens (tertiary/aromatic N) is 1. The number of nitrogens with one attached hydrogen (secondary N) is 1. The monoisotopic (exact) mass is 354 g/mol. The molecule has 0 radical (unpaired) electrons. The number of thiophene rings is 1. The van der Waals surface area contributed by atoms with Crippen molar-refractivity contribution in [3.8, 4) is 5.75 Å². The zero-order valence-corrected chi connectivity index (χ0v) is 14.1. The Balaban J connectivity index is 1.79. The van der Waals surface area contributed by atoms with Crippen LogP contribution in [0.5, 0.6) is 5.75 Å². The molecule has 1 aromatic heterocycles. The van der Waals surface area contributed by atoms with E-state index < -0.39 is 0 Å². The summed E-state index contributed by atoms with van der Waals surface area (Å²) in [5, 5.41) is 3.40. The van der Waals surface area contributed by atoms with Gasteiger partial charge in [0.25, 0.3) is 0 Å². The Morgan fingerprint density at radius 3 is 2.50 bits per heavy atom. The van der Waals surface area contributed by atoms with Crippen LogP contribution in [0, 0.1) is 0 Å². The molecule has 2 aromatic rings. The van der Waals surface area contributed by atoms with E-state index in [2.05, 4.69) is 38.3 Å². The third-order valence-electron chi connectivity index (χ3n) is 2.76. The van der Waals surface area contributed by atoms with E-state index in [1.807, 2.05) is 38.4 Å². The molecule has 0 unspecified atom stereocenters. The van der Waals surface area contributed by atoms with Crippen LogP contribution in [0.4, 0.5) is 5.69 Å². The average molecular weight is 355 g/mol. The van der Waals surface area contributed by atoms with Crippen molar-refractivity contribution in [2.75, 3.05) is 32.6 Å². The van der Waals surface area contributed by atoms with E-state index in [1.165, 1.54) is 8.66 Å². The maximum Gasteiger partial charge on any atom is 0.119 e. The smallest absolute Gasteiger partial charge is 0.119 e. The highest BCUT2D eigenvalue weighted by atomic mass is 79.9. The summed E-state index contributed by atoms with van der Waals surface area (Å²) in [5.74, 6) is 0.913. The van der Waals surface area contributed by atoms with Crippen LogP contribution in [0.25, 0.3) is 0 Å². The lowest BCUT2D eigenvalue weighted by atomic mass is 10.3. The van der Waals surface area contributed by atoms with Gasteiger partial charge in [-0.05, 0) is 66.4 Å². The summed E-state index contributed by atoms with van der Waals surface area (Å²) in [6.07, 6.45) is 0. The zero-order chi connectivity index (χ0) is 14.4. The Bertz CT molecular complexity index is 525. The second-order valence-corrected chi connectivity index (χ2v) is 7.28. The topological polar surface area (TPSA) is 24.5 Å². The standard InChI is InChI=1S/C15H19BrN2OS/c1-18(2)9-10-19-13-5-3-12(4-6-13)17-11-14-7-8-15(16)20-14/h3-8,17H,9-11H2,1-2H3. The maximum atomic E-state index is 5.66. The lowest BCUT2D eigenvalue weighted by Gasteiger charge is -2.11. The summed E-state index contributed by atoms with van der Waals surface area (Å²) in [5.41, 5.74) is 1.11. The SMILES string of the molecule is CN(C)CCOc1ccc(NCc2ccc(Br)s2)cc1. The van der Waals surface area contributed by atoms with E-state index in [0.29, 0.717) is 6.61 Å². The molecule has 0 atom stereocenters. The zero-order valence-electron chi connectivity index (χ0n) is 11.7. The molecule has 1 heterocycles. The van der Waals surface area contributed by atoms with Crippen LogP contribution in [0.2, 0.25) is 0 Å². The Morgan fingerprint density at radius 1 is 1.15 bits per heavy atom. The van der Waals surface area contributed by atoms with Gasteiger partial charge in [-0.2, -0.15) is 0 Å². The molecule has 5 heteroatoms. The maximum absolute atomic E-state index is 5.66. The van der Waals surface area contributed by atoms with Crippen molar-refractivity contribution in [1.82, 2.24) is 4.90 Å². The quantitative estimate of drug-likeness (QED) is 0.811. The summed E-state index contributed by atoms with van der Waals surface area (Å²) >= 11 is 5.22. The summed E-state index contributed by atoms with van der Waals surface area (Å²) in [7, 11) is 4.08. The molecule has 0 aliphatic rings. The van der Waals surface area contributed by atoms with Crippen LogP contribution >= 0.6 is 27.3 Å². The number of benzene rings is 1. The van der Waals surface area contributed by atoms with Crippen molar-refractivity contribution in [1.29, 1.82) is 0 Å². The predicted octanol–water partition coefficient (Wildman–Crippen LogP) is 4.06. The van der Waals surface area contributed by atoms with Crippen molar-refractivity contribution in [3.63, 3.8) is 0 Å². The van der Waals surface area contributed by atoms with Gasteiger partial charge in [0.05, 0.1) is 3.79 Å². The van der Waals surface area contributed by atoms with Crippen molar-refractivity contribution in [3.05, 3.63) is 45.1 Å². The first kappa shape index (κ1) is 15.4. The first-order valence-electron chi connectivity index (χ1n) is 6.49. The fraction of sp³-hybridized carbons (Fsp3) is 0.333. The second-order valence-electron chi connectivity index (χ2n) is 4.74. The number of rotatable bonds is 7. The average Bonchev–Trinajstić information content (AvgIpc) is 2.83. The van der Waals surface area contributed by atoms with E-state index >= 15 is 0 Å². The normalized spacial score (nSPS) is 10.8. The second kappa shape index (κ2) is 7.67. The molecule has 1 aromatic carbocycles. The number of anilines is 1. The van der Waals surface area contributed by atoms with Gasteiger partial charge in [0, 0.05) is 23.7 Å². The summed E-state index contributed by atoms with van der Waals surface area (Å²) < 4.78 is 6.83. The van der Waals surface area contributed by atoms with Crippen molar-refractivity contribution < 1.29 is 4.74 Å². The molecule has 0 saturated carbocycles. The molecule has 2 rings (SSSR count). The lowest BCUT2D eigenvalue weighted by Crippen LogP contribution is -2.19. The molecule has 20 heavy (non-hydrogen) atoms. The van der Waals surface area contributed by atoms with Gasteiger partial charge in [-0.3, -0.25) is 0 Å². The Kier molecular flexibility index (Phi) is 5.88. The van der Waals surface area contributed by atoms with Crippen LogP contribution in [-0.4, -0.2) is 32.1 Å². The van der Waals surface area contributed by atoms with Gasteiger partial charge in [0.15, 0.2) is 0 Å². The van der Waals surface area contributed by atoms with Crippen LogP contribution in [0.3, 0.4) is 0 Å². The lowest BCUT2D eigenvalue weighted by molar-refractivity contribution is 0.261. The highest BCUT2D eigenvalue weighted by Gasteiger charge is 1.99. The van der Waals surface area contributed by atoms with E-state index in [9.17, 15) is 0 Å². The van der Waals surface area contributed by atoms with Gasteiger partial charge in [0.2, 0.25) is 0 Å². The largest absolute Gasteiger partial charge is 0.492 e. The summed E-state index contributed by atoms with van der Waals surface area (Å²) in [4.78, 5) is 3.41. The molecule has 0 fully saturated rings. The highest BCUT2D eigenvalue weighted by molar-refractivity contribution is 9.11. The molecule has 0 spiro atoms. The third kappa shape index (κ3) is 5.15. The molecule has 0 saturated heterocycles. The molecule has 108 valence electrons. The minimum absolute atomic E-state index is 0.711. The van der Waals surface area contributed by atoms with Crippen molar-refractivity contribution in [2.45, 2.75) is 6.54 Å². The van der Waals surface area contributed by atoms with Crippen molar-refractivity contribution in [2.24, 2.45) is 0 Å². The molecular weight excluding hydrogens is 336 g/mol. The molecule has 1 N–H and O–H groups in total. The molecule has 0 aliphatic carbocycles. The van der Waals surface area contributed by atoms with E-state index in [-0.39, 0.29) is 0 Å². The van der Waals surface area contributed by atoms with E-state index in [0.717, 1.165) is 24.5 Å². The van der Waals surface area contributed by atoms with Crippen molar-refractivity contribution >= 4 is 33.0 Å². The fourth-order valence-corrected chi connectivity index (χ4v) is 3.07. The first-order chi connectivity index (χ1) is 9.63. The van der Waals surface area contributed by atoms with Gasteiger partial charge >= 0.3 is 0 Å². The Morgan fingerprint density at radius 2 is 1.90 bits per heavy atom. The fourth-order valence-electron chi connectivity index (χ4n) is 1.65. The van der Waals surface area contributed by atoms with E-state index in [1.54, 1.807) is 11.3 Å². The Hall–Kier alpha value is -1.04. The number of likely N-dealkylation sites (N-methyl/N-ethyl adjacent to an activating group) is 1. The van der Waals surface area contributed by atoms with E-state index in [4.69, 9.17) is 4.74 Å². The van der Waals surface area contributed by atoms with Gasteiger partial charge in [-0.1, -0.05) is 0 Å². The van der Waals surface area contributed by atoms with Crippen LogP contribution < -0.4 is 10.1 Å². The number of hydrogen-bond donors (Lipinski definition) is 1. The Labute approximate surface area is 132 Å². The van der Waals surface area contributed by atoms with Gasteiger partial charge in [-0.25, -0.2) is 0 Å². The molecule has 0 amide bonds. The molecular formula is C15H19BrN2OS. The predicted molar refractivity (Wildman–Crippen MR) is 89.8 cm³/mol. The number of ether oxygens (including phenoxy) is 1. The summed E-state index contributed by atoms with van der Waals surface area (Å²) in [6, 6.07) is 12.3. The number of halogens is 1. The first-order valence-corrected chi connectivity index (χ1v) is 8.10. The third-order valence-corrected chi connectivity index (χ3v) is 4.38. The van der Waals surface area contributed by atoms with Gasteiger partial charge in [-0.15, -0.1) is 11.3 Å². The van der Waals surface area contributed by atoms with Gasteiger partial charge < -0.3 is 15.0 Å². The molecule has 0 bridgehead atoms.